The lowest BCUT2D eigenvalue weighted by molar-refractivity contribution is -0.138. The molecule has 1 aromatic rings. The van der Waals surface area contributed by atoms with Gasteiger partial charge in [-0.2, -0.15) is 0 Å². The summed E-state index contributed by atoms with van der Waals surface area (Å²) in [6.45, 7) is 5.78. The molecular formula is C13H17BrO3. The fourth-order valence-corrected chi connectivity index (χ4v) is 2.17. The monoisotopic (exact) mass is 300 g/mol. The summed E-state index contributed by atoms with van der Waals surface area (Å²) in [6, 6.07) is 3.86. The predicted octanol–water partition coefficient (Wildman–Crippen LogP) is 3.52. The number of carbonyl (C=O) groups is 1. The van der Waals surface area contributed by atoms with Crippen LogP contribution < -0.4 is 4.74 Å². The molecule has 1 aromatic carbocycles. The number of carboxylic acid groups (broad SMARTS) is 1. The normalized spacial score (nSPS) is 11.4. The van der Waals surface area contributed by atoms with Crippen LogP contribution in [-0.2, 0) is 10.2 Å². The van der Waals surface area contributed by atoms with Crippen molar-refractivity contribution in [3.8, 4) is 5.75 Å². The third-order valence-electron chi connectivity index (χ3n) is 2.80. The highest BCUT2D eigenvalue weighted by Gasteiger charge is 2.28. The molecule has 0 aromatic heterocycles. The Bertz CT molecular complexity index is 439. The van der Waals surface area contributed by atoms with E-state index in [-0.39, 0.29) is 6.42 Å². The Hall–Kier alpha value is -1.03. The lowest BCUT2D eigenvalue weighted by Gasteiger charge is -2.26. The van der Waals surface area contributed by atoms with Gasteiger partial charge in [0.05, 0.1) is 13.5 Å². The van der Waals surface area contributed by atoms with Crippen molar-refractivity contribution < 1.29 is 14.6 Å². The maximum atomic E-state index is 10.9. The second kappa shape index (κ2) is 5.08. The molecule has 0 aliphatic rings. The Balaban J connectivity index is 3.28. The maximum Gasteiger partial charge on any atom is 0.304 e. The second-order valence-electron chi connectivity index (χ2n) is 4.76. The summed E-state index contributed by atoms with van der Waals surface area (Å²) >= 11 is 3.47. The van der Waals surface area contributed by atoms with Crippen molar-refractivity contribution in [1.29, 1.82) is 0 Å². The van der Waals surface area contributed by atoms with E-state index >= 15 is 0 Å². The van der Waals surface area contributed by atoms with Crippen LogP contribution in [0.5, 0.6) is 5.75 Å². The number of benzene rings is 1. The Kier molecular flexibility index (Phi) is 4.20. The summed E-state index contributed by atoms with van der Waals surface area (Å²) in [5.41, 5.74) is 1.50. The smallest absolute Gasteiger partial charge is 0.304 e. The first-order valence-electron chi connectivity index (χ1n) is 5.34. The van der Waals surface area contributed by atoms with E-state index < -0.39 is 11.4 Å². The average molecular weight is 301 g/mol. The highest BCUT2D eigenvalue weighted by Crippen LogP contribution is 2.37. The van der Waals surface area contributed by atoms with Crippen LogP contribution in [-0.4, -0.2) is 18.2 Å². The molecule has 94 valence electrons. The minimum absolute atomic E-state index is 0.0683. The van der Waals surface area contributed by atoms with Crippen molar-refractivity contribution in [3.63, 3.8) is 0 Å². The van der Waals surface area contributed by atoms with Gasteiger partial charge in [0.2, 0.25) is 0 Å². The first-order chi connectivity index (χ1) is 7.77. The summed E-state index contributed by atoms with van der Waals surface area (Å²) < 4.78 is 6.30. The zero-order chi connectivity index (χ0) is 13.2. The molecule has 0 unspecified atom stereocenters. The second-order valence-corrected chi connectivity index (χ2v) is 5.61. The highest BCUT2D eigenvalue weighted by molar-refractivity contribution is 9.10. The van der Waals surface area contributed by atoms with Crippen LogP contribution in [0.25, 0.3) is 0 Å². The van der Waals surface area contributed by atoms with Crippen molar-refractivity contribution >= 4 is 21.9 Å². The van der Waals surface area contributed by atoms with Gasteiger partial charge in [0, 0.05) is 15.5 Å². The van der Waals surface area contributed by atoms with Crippen molar-refractivity contribution in [2.45, 2.75) is 32.6 Å². The van der Waals surface area contributed by atoms with Gasteiger partial charge in [-0.1, -0.05) is 29.8 Å². The van der Waals surface area contributed by atoms with Gasteiger partial charge in [0.25, 0.3) is 0 Å². The Morgan fingerprint density at radius 1 is 1.47 bits per heavy atom. The lowest BCUT2D eigenvalue weighted by Crippen LogP contribution is -2.22. The van der Waals surface area contributed by atoms with Gasteiger partial charge in [-0.05, 0) is 24.6 Å². The molecule has 0 atom stereocenters. The number of aliphatic carboxylic acids is 1. The fraction of sp³-hybridized carbons (Fsp3) is 0.462. The van der Waals surface area contributed by atoms with E-state index in [1.165, 1.54) is 0 Å². The minimum atomic E-state index is -0.811. The molecule has 0 saturated carbocycles. The fourth-order valence-electron chi connectivity index (χ4n) is 1.83. The van der Waals surface area contributed by atoms with E-state index in [0.29, 0.717) is 0 Å². The number of aryl methyl sites for hydroxylation is 1. The zero-order valence-electron chi connectivity index (χ0n) is 10.5. The summed E-state index contributed by atoms with van der Waals surface area (Å²) in [6.07, 6.45) is 0.0683. The van der Waals surface area contributed by atoms with Gasteiger partial charge in [-0.3, -0.25) is 4.79 Å². The minimum Gasteiger partial charge on any atom is -0.496 e. The third kappa shape index (κ3) is 3.22. The van der Waals surface area contributed by atoms with Gasteiger partial charge in [-0.25, -0.2) is 0 Å². The van der Waals surface area contributed by atoms with Crippen molar-refractivity contribution in [1.82, 2.24) is 0 Å². The van der Waals surface area contributed by atoms with E-state index in [0.717, 1.165) is 21.3 Å². The van der Waals surface area contributed by atoms with Gasteiger partial charge < -0.3 is 9.84 Å². The van der Waals surface area contributed by atoms with Crippen LogP contribution in [0.3, 0.4) is 0 Å². The molecule has 4 heteroatoms. The van der Waals surface area contributed by atoms with Crippen molar-refractivity contribution in [3.05, 3.63) is 27.7 Å². The quantitative estimate of drug-likeness (QED) is 0.925. The molecule has 0 saturated heterocycles. The standard InChI is InChI=1S/C13H17BrO3/c1-8-5-11(17-4)9(6-10(8)14)13(2,3)7-12(15)16/h5-6H,7H2,1-4H3,(H,15,16). The zero-order valence-corrected chi connectivity index (χ0v) is 12.1. The first kappa shape index (κ1) is 14.0. The van der Waals surface area contributed by atoms with E-state index in [9.17, 15) is 4.79 Å². The number of halogens is 1. The number of ether oxygens (including phenoxy) is 1. The van der Waals surface area contributed by atoms with E-state index in [4.69, 9.17) is 9.84 Å². The first-order valence-corrected chi connectivity index (χ1v) is 6.13. The Morgan fingerprint density at radius 2 is 2.06 bits per heavy atom. The molecule has 0 aliphatic heterocycles. The molecule has 3 nitrogen and oxygen atoms in total. The van der Waals surface area contributed by atoms with E-state index in [2.05, 4.69) is 15.9 Å². The molecular weight excluding hydrogens is 284 g/mol. The lowest BCUT2D eigenvalue weighted by atomic mass is 9.80. The molecule has 0 radical (unpaired) electrons. The molecule has 0 bridgehead atoms. The molecule has 0 amide bonds. The summed E-state index contributed by atoms with van der Waals surface area (Å²) in [5, 5.41) is 8.95. The molecule has 17 heavy (non-hydrogen) atoms. The van der Waals surface area contributed by atoms with Crippen LogP contribution in [0.15, 0.2) is 16.6 Å². The summed E-state index contributed by atoms with van der Waals surface area (Å²) in [4.78, 5) is 10.9. The van der Waals surface area contributed by atoms with Crippen LogP contribution >= 0.6 is 15.9 Å². The Labute approximate surface area is 110 Å². The van der Waals surface area contributed by atoms with Crippen LogP contribution in [0.1, 0.15) is 31.4 Å². The van der Waals surface area contributed by atoms with Crippen molar-refractivity contribution in [2.75, 3.05) is 7.11 Å². The average Bonchev–Trinajstić information content (AvgIpc) is 2.19. The number of rotatable bonds is 4. The van der Waals surface area contributed by atoms with Gasteiger partial charge in [0.1, 0.15) is 5.75 Å². The third-order valence-corrected chi connectivity index (χ3v) is 3.66. The van der Waals surface area contributed by atoms with Crippen LogP contribution in [0.4, 0.5) is 0 Å². The summed E-state index contributed by atoms with van der Waals surface area (Å²) in [5.74, 6) is -0.0781. The number of methoxy groups -OCH3 is 1. The van der Waals surface area contributed by atoms with Gasteiger partial charge in [-0.15, -0.1) is 0 Å². The SMILES string of the molecule is COc1cc(C)c(Br)cc1C(C)(C)CC(=O)O. The highest BCUT2D eigenvalue weighted by atomic mass is 79.9. The molecule has 1 rings (SSSR count). The van der Waals surface area contributed by atoms with Gasteiger partial charge >= 0.3 is 5.97 Å². The van der Waals surface area contributed by atoms with Gasteiger partial charge in [0.15, 0.2) is 0 Å². The van der Waals surface area contributed by atoms with Crippen LogP contribution in [0.2, 0.25) is 0 Å². The van der Waals surface area contributed by atoms with E-state index in [1.807, 2.05) is 32.9 Å². The molecule has 1 N–H and O–H groups in total. The molecule has 0 aliphatic carbocycles. The molecule has 0 heterocycles. The van der Waals surface area contributed by atoms with Crippen LogP contribution in [0, 0.1) is 6.92 Å². The maximum absolute atomic E-state index is 10.9. The van der Waals surface area contributed by atoms with E-state index in [1.54, 1.807) is 7.11 Å². The number of carboxylic acids is 1. The number of hydrogen-bond acceptors (Lipinski definition) is 2. The number of hydrogen-bond donors (Lipinski definition) is 1. The Morgan fingerprint density at radius 3 is 2.53 bits per heavy atom. The summed E-state index contributed by atoms with van der Waals surface area (Å²) in [7, 11) is 1.60. The molecule has 0 fully saturated rings. The predicted molar refractivity (Wildman–Crippen MR) is 70.7 cm³/mol. The molecule has 0 spiro atoms. The topological polar surface area (TPSA) is 46.5 Å². The largest absolute Gasteiger partial charge is 0.496 e. The van der Waals surface area contributed by atoms with Crippen molar-refractivity contribution in [2.24, 2.45) is 0 Å².